The van der Waals surface area contributed by atoms with Gasteiger partial charge in [0.05, 0.1) is 0 Å². The molecule has 1 nitrogen and oxygen atoms in total. The first-order valence-corrected chi connectivity index (χ1v) is 3.82. The molecule has 54 valence electrons. The SMILES string of the molecule is Cc1ccc(N)c(P)c1C. The number of nitrogens with two attached hydrogens (primary N) is 1. The first-order chi connectivity index (χ1) is 4.63. The lowest BCUT2D eigenvalue weighted by Gasteiger charge is -2.05. The van der Waals surface area contributed by atoms with Crippen LogP contribution in [0.2, 0.25) is 0 Å². The molecule has 0 aromatic heterocycles. The van der Waals surface area contributed by atoms with Gasteiger partial charge in [-0.2, -0.15) is 0 Å². The van der Waals surface area contributed by atoms with Gasteiger partial charge in [0.15, 0.2) is 0 Å². The highest BCUT2D eigenvalue weighted by Gasteiger charge is 1.98. The Kier molecular flexibility index (Phi) is 1.96. The smallest absolute Gasteiger partial charge is 0.0389 e. The van der Waals surface area contributed by atoms with E-state index in [-0.39, 0.29) is 0 Å². The van der Waals surface area contributed by atoms with Crippen molar-refractivity contribution >= 4 is 20.2 Å². The maximum atomic E-state index is 5.67. The molecule has 10 heavy (non-hydrogen) atoms. The molecule has 0 saturated heterocycles. The second-order valence-corrected chi connectivity index (χ2v) is 3.09. The Morgan fingerprint density at radius 2 is 1.90 bits per heavy atom. The topological polar surface area (TPSA) is 26.0 Å². The van der Waals surface area contributed by atoms with E-state index in [1.807, 2.05) is 12.1 Å². The van der Waals surface area contributed by atoms with Crippen molar-refractivity contribution in [2.45, 2.75) is 13.8 Å². The molecule has 0 aliphatic heterocycles. The highest BCUT2D eigenvalue weighted by atomic mass is 31.0. The summed E-state index contributed by atoms with van der Waals surface area (Å²) in [6, 6.07) is 3.98. The summed E-state index contributed by atoms with van der Waals surface area (Å²) in [4.78, 5) is 0. The first-order valence-electron chi connectivity index (χ1n) is 3.24. The zero-order valence-electron chi connectivity index (χ0n) is 6.31. The zero-order valence-corrected chi connectivity index (χ0v) is 7.46. The Morgan fingerprint density at radius 3 is 2.40 bits per heavy atom. The third-order valence-electron chi connectivity index (χ3n) is 1.82. The summed E-state index contributed by atoms with van der Waals surface area (Å²) in [7, 11) is 2.65. The molecule has 0 radical (unpaired) electrons. The average molecular weight is 153 g/mol. The molecular weight excluding hydrogens is 141 g/mol. The van der Waals surface area contributed by atoms with Crippen molar-refractivity contribution in [2.24, 2.45) is 0 Å². The van der Waals surface area contributed by atoms with E-state index in [2.05, 4.69) is 23.1 Å². The van der Waals surface area contributed by atoms with E-state index < -0.39 is 0 Å². The van der Waals surface area contributed by atoms with Crippen LogP contribution in [-0.4, -0.2) is 0 Å². The molecule has 1 aromatic carbocycles. The second-order valence-electron chi connectivity index (χ2n) is 2.51. The van der Waals surface area contributed by atoms with E-state index in [0.29, 0.717) is 0 Å². The predicted molar refractivity (Wildman–Crippen MR) is 49.7 cm³/mol. The summed E-state index contributed by atoms with van der Waals surface area (Å²) in [5.74, 6) is 0. The average Bonchev–Trinajstić information content (AvgIpc) is 1.93. The molecule has 0 heterocycles. The van der Waals surface area contributed by atoms with Gasteiger partial charge in [-0.05, 0) is 36.3 Å². The molecule has 0 amide bonds. The van der Waals surface area contributed by atoms with E-state index in [9.17, 15) is 0 Å². The molecule has 2 heteroatoms. The van der Waals surface area contributed by atoms with Crippen LogP contribution in [-0.2, 0) is 0 Å². The summed E-state index contributed by atoms with van der Waals surface area (Å²) in [5, 5.41) is 1.13. The highest BCUT2D eigenvalue weighted by Crippen LogP contribution is 2.11. The van der Waals surface area contributed by atoms with Crippen LogP contribution >= 0.6 is 9.24 Å². The summed E-state index contributed by atoms with van der Waals surface area (Å²) in [6.07, 6.45) is 0. The fraction of sp³-hybridized carbons (Fsp3) is 0.250. The fourth-order valence-corrected chi connectivity index (χ4v) is 1.18. The van der Waals surface area contributed by atoms with Crippen LogP contribution in [0.25, 0.3) is 0 Å². The van der Waals surface area contributed by atoms with Gasteiger partial charge in [0.2, 0.25) is 0 Å². The van der Waals surface area contributed by atoms with Gasteiger partial charge < -0.3 is 5.73 Å². The van der Waals surface area contributed by atoms with Crippen molar-refractivity contribution in [3.63, 3.8) is 0 Å². The third-order valence-corrected chi connectivity index (χ3v) is 2.59. The van der Waals surface area contributed by atoms with Gasteiger partial charge in [-0.3, -0.25) is 0 Å². The second kappa shape index (κ2) is 2.59. The molecule has 0 aliphatic carbocycles. The number of benzene rings is 1. The van der Waals surface area contributed by atoms with E-state index in [1.165, 1.54) is 11.1 Å². The standard InChI is InChI=1S/C8H12NP/c1-5-3-4-7(9)8(10)6(5)2/h3-4H,9-10H2,1-2H3. The summed E-state index contributed by atoms with van der Waals surface area (Å²) in [5.41, 5.74) is 9.08. The summed E-state index contributed by atoms with van der Waals surface area (Å²) < 4.78 is 0. The van der Waals surface area contributed by atoms with Crippen LogP contribution < -0.4 is 11.0 Å². The molecule has 0 saturated carbocycles. The van der Waals surface area contributed by atoms with E-state index in [4.69, 9.17) is 5.73 Å². The Morgan fingerprint density at radius 1 is 1.30 bits per heavy atom. The molecule has 0 bridgehead atoms. The van der Waals surface area contributed by atoms with Crippen LogP contribution in [0.3, 0.4) is 0 Å². The van der Waals surface area contributed by atoms with Crippen molar-refractivity contribution in [1.82, 2.24) is 0 Å². The number of rotatable bonds is 0. The first kappa shape index (κ1) is 7.56. The van der Waals surface area contributed by atoms with Crippen molar-refractivity contribution in [1.29, 1.82) is 0 Å². The molecule has 0 spiro atoms. The van der Waals surface area contributed by atoms with Crippen molar-refractivity contribution < 1.29 is 0 Å². The fourth-order valence-electron chi connectivity index (χ4n) is 0.858. The molecule has 1 rings (SSSR count). The molecule has 1 aromatic rings. The van der Waals surface area contributed by atoms with Gasteiger partial charge in [-0.15, -0.1) is 9.24 Å². The van der Waals surface area contributed by atoms with Crippen molar-refractivity contribution in [2.75, 3.05) is 5.73 Å². The Labute approximate surface area is 63.8 Å². The largest absolute Gasteiger partial charge is 0.398 e. The Hall–Kier alpha value is -0.550. The van der Waals surface area contributed by atoms with Crippen LogP contribution in [0, 0.1) is 13.8 Å². The quantitative estimate of drug-likeness (QED) is 0.442. The lowest BCUT2D eigenvalue weighted by Crippen LogP contribution is -2.06. The minimum atomic E-state index is 0.855. The molecule has 0 aliphatic rings. The van der Waals surface area contributed by atoms with Crippen LogP contribution in [0.1, 0.15) is 11.1 Å². The highest BCUT2D eigenvalue weighted by molar-refractivity contribution is 7.28. The maximum Gasteiger partial charge on any atom is 0.0389 e. The number of aryl methyl sites for hydroxylation is 1. The zero-order chi connectivity index (χ0) is 7.72. The lowest BCUT2D eigenvalue weighted by molar-refractivity contribution is 1.37. The third kappa shape index (κ3) is 1.15. The molecular formula is C8H12NP. The van der Waals surface area contributed by atoms with E-state index in [0.717, 1.165) is 11.0 Å². The Balaban J connectivity index is 3.34. The van der Waals surface area contributed by atoms with E-state index in [1.54, 1.807) is 0 Å². The number of hydrogen-bond donors (Lipinski definition) is 1. The van der Waals surface area contributed by atoms with Crippen LogP contribution in [0.5, 0.6) is 0 Å². The predicted octanol–water partition coefficient (Wildman–Crippen LogP) is 1.39. The molecule has 0 fully saturated rings. The number of anilines is 1. The molecule has 1 atom stereocenters. The van der Waals surface area contributed by atoms with Gasteiger partial charge in [-0.25, -0.2) is 0 Å². The molecule has 1 unspecified atom stereocenters. The minimum absolute atomic E-state index is 0.855. The summed E-state index contributed by atoms with van der Waals surface area (Å²) in [6.45, 7) is 4.16. The summed E-state index contributed by atoms with van der Waals surface area (Å²) >= 11 is 0. The monoisotopic (exact) mass is 153 g/mol. The van der Waals surface area contributed by atoms with Crippen molar-refractivity contribution in [3.8, 4) is 0 Å². The van der Waals surface area contributed by atoms with Crippen molar-refractivity contribution in [3.05, 3.63) is 23.3 Å². The van der Waals surface area contributed by atoms with Gasteiger partial charge in [0.1, 0.15) is 0 Å². The minimum Gasteiger partial charge on any atom is -0.398 e. The molecule has 2 N–H and O–H groups in total. The Bertz CT molecular complexity index is 229. The normalized spacial score (nSPS) is 9.90. The van der Waals surface area contributed by atoms with Gasteiger partial charge >= 0.3 is 0 Å². The maximum absolute atomic E-state index is 5.67. The van der Waals surface area contributed by atoms with Crippen LogP contribution in [0.15, 0.2) is 12.1 Å². The number of hydrogen-bond acceptors (Lipinski definition) is 1. The van der Waals surface area contributed by atoms with Gasteiger partial charge in [-0.1, -0.05) is 6.07 Å². The lowest BCUT2D eigenvalue weighted by atomic mass is 10.1. The van der Waals surface area contributed by atoms with Crippen LogP contribution in [0.4, 0.5) is 5.69 Å². The van der Waals surface area contributed by atoms with Gasteiger partial charge in [0.25, 0.3) is 0 Å². The van der Waals surface area contributed by atoms with E-state index >= 15 is 0 Å². The number of nitrogen functional groups attached to an aromatic ring is 1. The van der Waals surface area contributed by atoms with Gasteiger partial charge in [0, 0.05) is 5.69 Å².